The summed E-state index contributed by atoms with van der Waals surface area (Å²) in [7, 11) is 0. The lowest BCUT2D eigenvalue weighted by Gasteiger charge is -2.11. The highest BCUT2D eigenvalue weighted by molar-refractivity contribution is 7.26. The topological polar surface area (TPSA) is 82.3 Å². The fourth-order valence-electron chi connectivity index (χ4n) is 8.35. The lowest BCUT2D eigenvalue weighted by Crippen LogP contribution is -2.00. The predicted molar refractivity (Wildman–Crippen MR) is 253 cm³/mol. The Labute approximate surface area is 360 Å². The van der Waals surface area contributed by atoms with Crippen LogP contribution in [-0.2, 0) is 0 Å². The first-order chi connectivity index (χ1) is 30.7. The lowest BCUT2D eigenvalue weighted by atomic mass is 10.1. The molecule has 0 amide bonds. The minimum absolute atomic E-state index is 0.612. The first-order valence-electron chi connectivity index (χ1n) is 20.5. The van der Waals surface area contributed by atoms with Crippen LogP contribution in [0.4, 0.5) is 0 Å². The Morgan fingerprint density at radius 2 is 0.726 bits per heavy atom. The van der Waals surface area contributed by atoms with E-state index >= 15 is 0 Å². The molecule has 0 aliphatic carbocycles. The summed E-state index contributed by atoms with van der Waals surface area (Å²) in [4.78, 5) is 30.3. The Kier molecular flexibility index (Phi) is 8.53. The third kappa shape index (κ3) is 6.20. The Hall–Kier alpha value is -8.20. The maximum absolute atomic E-state index is 5.20. The van der Waals surface area contributed by atoms with Gasteiger partial charge in [-0.2, -0.15) is 0 Å². The first-order valence-corrected chi connectivity index (χ1v) is 21.3. The second kappa shape index (κ2) is 14.8. The number of nitrogens with zero attached hydrogens (tertiary/aromatic N) is 7. The van der Waals surface area contributed by atoms with Gasteiger partial charge in [-0.25, -0.2) is 29.9 Å². The van der Waals surface area contributed by atoms with E-state index < -0.39 is 0 Å². The molecule has 0 radical (unpaired) electrons. The van der Waals surface area contributed by atoms with Crippen molar-refractivity contribution in [1.29, 1.82) is 0 Å². The van der Waals surface area contributed by atoms with E-state index in [0.29, 0.717) is 34.9 Å². The highest BCUT2D eigenvalue weighted by Gasteiger charge is 2.19. The van der Waals surface area contributed by atoms with Gasteiger partial charge in [-0.1, -0.05) is 140 Å². The van der Waals surface area contributed by atoms with E-state index in [1.54, 1.807) is 11.3 Å². The van der Waals surface area contributed by atoms with Crippen molar-refractivity contribution < 1.29 is 0 Å². The Morgan fingerprint density at radius 1 is 0.306 bits per heavy atom. The fraction of sp³-hybridized carbons (Fsp3) is 0. The summed E-state index contributed by atoms with van der Waals surface area (Å²) in [5.74, 6) is 3.74. The van der Waals surface area contributed by atoms with E-state index in [2.05, 4.69) is 114 Å². The summed E-state index contributed by atoms with van der Waals surface area (Å²) in [6.45, 7) is 0. The van der Waals surface area contributed by atoms with Crippen molar-refractivity contribution in [2.24, 2.45) is 0 Å². The molecule has 0 N–H and O–H groups in total. The van der Waals surface area contributed by atoms with Crippen molar-refractivity contribution in [1.82, 2.24) is 34.5 Å². The second-order valence-corrected chi connectivity index (χ2v) is 16.2. The molecule has 0 atom stereocenters. The van der Waals surface area contributed by atoms with Gasteiger partial charge in [-0.15, -0.1) is 11.3 Å². The minimum atomic E-state index is 0.612. The third-order valence-corrected chi connectivity index (χ3v) is 12.5. The summed E-state index contributed by atoms with van der Waals surface area (Å²) < 4.78 is 4.57. The molecule has 0 fully saturated rings. The van der Waals surface area contributed by atoms with Gasteiger partial charge in [0.2, 0.25) is 0 Å². The summed E-state index contributed by atoms with van der Waals surface area (Å²) >= 11 is 1.74. The second-order valence-electron chi connectivity index (χ2n) is 15.1. The summed E-state index contributed by atoms with van der Waals surface area (Å²) in [6.07, 6.45) is 0. The normalized spacial score (nSPS) is 11.5. The van der Waals surface area contributed by atoms with Crippen LogP contribution in [0, 0.1) is 0 Å². The number of hydrogen-bond acceptors (Lipinski definition) is 7. The van der Waals surface area contributed by atoms with Gasteiger partial charge >= 0.3 is 0 Å². The van der Waals surface area contributed by atoms with Crippen LogP contribution in [0.15, 0.2) is 200 Å². The van der Waals surface area contributed by atoms with Crippen molar-refractivity contribution in [2.45, 2.75) is 0 Å². The molecule has 8 heteroatoms. The average Bonchev–Trinajstić information content (AvgIpc) is 3.90. The monoisotopic (exact) mass is 811 g/mol. The molecule has 4 heterocycles. The number of rotatable bonds is 7. The molecule has 0 spiro atoms. The highest BCUT2D eigenvalue weighted by atomic mass is 32.1. The largest absolute Gasteiger partial charge is 0.309 e. The Morgan fingerprint density at radius 3 is 1.26 bits per heavy atom. The molecule has 0 aliphatic heterocycles. The fourth-order valence-corrected chi connectivity index (χ4v) is 9.55. The van der Waals surface area contributed by atoms with E-state index in [1.807, 2.05) is 91.0 Å². The molecular formula is C54H33N7S. The van der Waals surface area contributed by atoms with Gasteiger partial charge in [0.15, 0.2) is 34.9 Å². The van der Waals surface area contributed by atoms with Crippen LogP contribution in [0.25, 0.3) is 116 Å². The number of aromatic nitrogens is 7. The smallest absolute Gasteiger partial charge is 0.165 e. The molecule has 7 nitrogen and oxygen atoms in total. The predicted octanol–water partition coefficient (Wildman–Crippen LogP) is 13.5. The molecule has 12 aromatic rings. The molecule has 4 aromatic heterocycles. The Bertz CT molecular complexity index is 3510. The third-order valence-electron chi connectivity index (χ3n) is 11.3. The molecule has 12 rings (SSSR count). The van der Waals surface area contributed by atoms with Crippen molar-refractivity contribution in [3.05, 3.63) is 200 Å². The van der Waals surface area contributed by atoms with Crippen LogP contribution in [0.1, 0.15) is 0 Å². The van der Waals surface area contributed by atoms with Crippen LogP contribution in [0.5, 0.6) is 0 Å². The average molecular weight is 812 g/mol. The van der Waals surface area contributed by atoms with Gasteiger partial charge in [0.25, 0.3) is 0 Å². The van der Waals surface area contributed by atoms with Crippen molar-refractivity contribution >= 4 is 53.3 Å². The van der Waals surface area contributed by atoms with Crippen LogP contribution in [-0.4, -0.2) is 34.5 Å². The quantitative estimate of drug-likeness (QED) is 0.159. The van der Waals surface area contributed by atoms with E-state index in [1.165, 1.54) is 21.8 Å². The number of fused-ring (bicyclic) bond motifs is 6. The molecular weight excluding hydrogens is 779 g/mol. The number of hydrogen-bond donors (Lipinski definition) is 0. The van der Waals surface area contributed by atoms with Crippen LogP contribution in [0.3, 0.4) is 0 Å². The molecule has 8 aromatic carbocycles. The summed E-state index contributed by atoms with van der Waals surface area (Å²) in [6, 6.07) is 68.8. The molecule has 290 valence electrons. The van der Waals surface area contributed by atoms with E-state index in [-0.39, 0.29) is 0 Å². The van der Waals surface area contributed by atoms with Gasteiger partial charge in [0, 0.05) is 70.0 Å². The molecule has 0 saturated heterocycles. The SMILES string of the molecule is c1ccc(-c2nc(-c3ccccc3)nc(-c3ccc4sc5c(-c6nc(-c7ccccc7)nc(-c7ccc(-n8c9ccccc9c9ccccc98)cc7)n6)cccc5c4c3)n2)cc1. The molecule has 0 unspecified atom stereocenters. The van der Waals surface area contributed by atoms with E-state index in [0.717, 1.165) is 59.2 Å². The summed E-state index contributed by atoms with van der Waals surface area (Å²) in [5.41, 5.74) is 8.98. The maximum Gasteiger partial charge on any atom is 0.165 e. The minimum Gasteiger partial charge on any atom is -0.309 e. The van der Waals surface area contributed by atoms with Crippen molar-refractivity contribution in [3.8, 4) is 74.0 Å². The zero-order chi connectivity index (χ0) is 41.0. The van der Waals surface area contributed by atoms with Crippen molar-refractivity contribution in [2.75, 3.05) is 0 Å². The van der Waals surface area contributed by atoms with Gasteiger partial charge in [0.05, 0.1) is 11.0 Å². The van der Waals surface area contributed by atoms with Gasteiger partial charge in [0.1, 0.15) is 0 Å². The molecule has 62 heavy (non-hydrogen) atoms. The van der Waals surface area contributed by atoms with E-state index in [9.17, 15) is 0 Å². The molecule has 0 bridgehead atoms. The lowest BCUT2D eigenvalue weighted by molar-refractivity contribution is 1.07. The van der Waals surface area contributed by atoms with Crippen LogP contribution in [0.2, 0.25) is 0 Å². The zero-order valence-electron chi connectivity index (χ0n) is 33.1. The summed E-state index contributed by atoms with van der Waals surface area (Å²) in [5, 5.41) is 4.69. The Balaban J connectivity index is 0.976. The maximum atomic E-state index is 5.20. The van der Waals surface area contributed by atoms with Crippen molar-refractivity contribution in [3.63, 3.8) is 0 Å². The molecule has 0 saturated carbocycles. The van der Waals surface area contributed by atoms with Gasteiger partial charge < -0.3 is 4.57 Å². The highest BCUT2D eigenvalue weighted by Crippen LogP contribution is 2.41. The number of benzene rings is 8. The van der Waals surface area contributed by atoms with Gasteiger partial charge in [-0.3, -0.25) is 0 Å². The number of para-hydroxylation sites is 2. The van der Waals surface area contributed by atoms with E-state index in [4.69, 9.17) is 29.9 Å². The molecule has 0 aliphatic rings. The van der Waals surface area contributed by atoms with Crippen LogP contribution >= 0.6 is 11.3 Å². The van der Waals surface area contributed by atoms with Gasteiger partial charge in [-0.05, 0) is 60.7 Å². The number of thiophene rings is 1. The van der Waals surface area contributed by atoms with Crippen LogP contribution < -0.4 is 0 Å². The zero-order valence-corrected chi connectivity index (χ0v) is 33.9. The standard InChI is InChI=1S/C54H33N7S/c1-4-15-34(16-5-1)49-55-50(35-17-6-2-7-18-35)58-53(57-49)38-29-32-47-44(33-38)42-23-14-24-43(48(42)62-47)54-59-51(36-19-8-3-9-20-36)56-52(60-54)37-27-30-39(31-28-37)61-45-25-12-10-21-40(45)41-22-11-13-26-46(41)61/h1-33H. The first kappa shape index (κ1) is 35.7.